The maximum atomic E-state index is 13.6. The minimum absolute atomic E-state index is 0.304. The minimum atomic E-state index is -1.43. The number of rotatable bonds is 1. The van der Waals surface area contributed by atoms with Crippen LogP contribution in [0.15, 0.2) is 54.7 Å². The summed E-state index contributed by atoms with van der Waals surface area (Å²) in [5.74, 6) is -3.75. The summed E-state index contributed by atoms with van der Waals surface area (Å²) in [5.41, 5.74) is 3.50. The maximum absolute atomic E-state index is 13.6. The van der Waals surface area contributed by atoms with Crippen LogP contribution in [0.4, 0.5) is 13.2 Å². The van der Waals surface area contributed by atoms with E-state index in [-0.39, 0.29) is 6.04 Å². The van der Waals surface area contributed by atoms with E-state index in [1.54, 1.807) is 0 Å². The second-order valence-corrected chi connectivity index (χ2v) is 5.65. The molecule has 0 aliphatic carbocycles. The summed E-state index contributed by atoms with van der Waals surface area (Å²) in [5, 5.41) is 2.00. The van der Waals surface area contributed by atoms with Gasteiger partial charge in [-0.15, -0.1) is 0 Å². The van der Waals surface area contributed by atoms with Gasteiger partial charge in [0.15, 0.2) is 23.5 Å². The number of benzene rings is 2. The van der Waals surface area contributed by atoms with Crippen LogP contribution in [0.2, 0.25) is 0 Å². The van der Waals surface area contributed by atoms with Crippen molar-refractivity contribution in [2.45, 2.75) is 12.6 Å². The first-order valence-electron chi connectivity index (χ1n) is 7.38. The van der Waals surface area contributed by atoms with Crippen molar-refractivity contribution in [1.82, 2.24) is 4.57 Å². The molecule has 0 saturated carbocycles. The SMILES string of the molecule is Fc1cc([C@@H]2[NH2+]Cc3ccccc3-n3cccc32)cc(F)c1F. The Labute approximate surface area is 131 Å². The molecule has 0 bridgehead atoms. The van der Waals surface area contributed by atoms with Gasteiger partial charge in [0.05, 0.1) is 11.4 Å². The Hall–Kier alpha value is -2.53. The van der Waals surface area contributed by atoms with Gasteiger partial charge in [0.1, 0.15) is 6.54 Å². The summed E-state index contributed by atoms with van der Waals surface area (Å²) < 4.78 is 42.5. The van der Waals surface area contributed by atoms with Crippen LogP contribution in [0, 0.1) is 17.5 Å². The molecule has 1 aromatic heterocycles. The van der Waals surface area contributed by atoms with Crippen LogP contribution in [0.1, 0.15) is 22.9 Å². The standard InChI is InChI=1S/C18H13F3N2/c19-13-8-12(9-14(20)17(13)21)18-16-6-3-7-23(16)15-5-2-1-4-11(15)10-22-18/h1-9,18,22H,10H2/p+1/t18-/m0/s1. The van der Waals surface area contributed by atoms with E-state index < -0.39 is 17.5 Å². The van der Waals surface area contributed by atoms with Crippen molar-refractivity contribution in [1.29, 1.82) is 0 Å². The Bertz CT molecular complexity index is 862. The summed E-state index contributed by atoms with van der Waals surface area (Å²) >= 11 is 0. The number of nitrogens with zero attached hydrogens (tertiary/aromatic N) is 1. The van der Waals surface area contributed by atoms with Crippen molar-refractivity contribution in [3.05, 3.63) is 89.0 Å². The van der Waals surface area contributed by atoms with Crippen LogP contribution in [0.5, 0.6) is 0 Å². The molecule has 1 aliphatic rings. The first kappa shape index (κ1) is 14.1. The second kappa shape index (κ2) is 5.28. The molecule has 0 spiro atoms. The largest absolute Gasteiger partial charge is 0.331 e. The van der Waals surface area contributed by atoms with E-state index in [1.165, 1.54) is 0 Å². The van der Waals surface area contributed by atoms with Crippen LogP contribution >= 0.6 is 0 Å². The zero-order chi connectivity index (χ0) is 16.0. The lowest BCUT2D eigenvalue weighted by Crippen LogP contribution is -2.83. The van der Waals surface area contributed by atoms with E-state index in [0.29, 0.717) is 12.1 Å². The van der Waals surface area contributed by atoms with Gasteiger partial charge in [-0.2, -0.15) is 0 Å². The third kappa shape index (κ3) is 2.24. The molecule has 5 heteroatoms. The molecule has 116 valence electrons. The van der Waals surface area contributed by atoms with Gasteiger partial charge in [0.25, 0.3) is 0 Å². The third-order valence-corrected chi connectivity index (χ3v) is 4.29. The van der Waals surface area contributed by atoms with E-state index in [0.717, 1.165) is 29.1 Å². The predicted octanol–water partition coefficient (Wildman–Crippen LogP) is 3.06. The monoisotopic (exact) mass is 315 g/mol. The molecule has 0 amide bonds. The van der Waals surface area contributed by atoms with E-state index >= 15 is 0 Å². The van der Waals surface area contributed by atoms with Crippen molar-refractivity contribution in [3.8, 4) is 5.69 Å². The lowest BCUT2D eigenvalue weighted by Gasteiger charge is -2.15. The highest BCUT2D eigenvalue weighted by molar-refractivity contribution is 5.45. The molecule has 1 aliphatic heterocycles. The van der Waals surface area contributed by atoms with Crippen molar-refractivity contribution in [2.24, 2.45) is 0 Å². The summed E-state index contributed by atoms with van der Waals surface area (Å²) in [4.78, 5) is 0. The van der Waals surface area contributed by atoms with Crippen molar-refractivity contribution >= 4 is 0 Å². The molecule has 0 radical (unpaired) electrons. The minimum Gasteiger partial charge on any atom is -0.331 e. The highest BCUT2D eigenvalue weighted by Gasteiger charge is 2.27. The lowest BCUT2D eigenvalue weighted by atomic mass is 10.0. The topological polar surface area (TPSA) is 21.5 Å². The number of hydrogen-bond donors (Lipinski definition) is 1. The van der Waals surface area contributed by atoms with E-state index in [9.17, 15) is 13.2 Å². The molecular formula is C18H14F3N2+. The van der Waals surface area contributed by atoms with Gasteiger partial charge in [-0.25, -0.2) is 13.2 Å². The molecule has 2 aromatic carbocycles. The quantitative estimate of drug-likeness (QED) is 0.667. The van der Waals surface area contributed by atoms with Crippen molar-refractivity contribution in [2.75, 3.05) is 0 Å². The highest BCUT2D eigenvalue weighted by Crippen LogP contribution is 2.28. The van der Waals surface area contributed by atoms with Gasteiger partial charge in [0.2, 0.25) is 0 Å². The molecule has 4 rings (SSSR count). The van der Waals surface area contributed by atoms with Crippen LogP contribution in [0.3, 0.4) is 0 Å². The molecule has 1 atom stereocenters. The second-order valence-electron chi connectivity index (χ2n) is 5.65. The van der Waals surface area contributed by atoms with Gasteiger partial charge in [-0.1, -0.05) is 18.2 Å². The Morgan fingerprint density at radius 2 is 1.70 bits per heavy atom. The first-order chi connectivity index (χ1) is 11.1. The number of aromatic nitrogens is 1. The maximum Gasteiger partial charge on any atom is 0.194 e. The zero-order valence-corrected chi connectivity index (χ0v) is 12.1. The third-order valence-electron chi connectivity index (χ3n) is 4.29. The summed E-state index contributed by atoms with van der Waals surface area (Å²) in [6.45, 7) is 0.670. The van der Waals surface area contributed by atoms with Gasteiger partial charge in [-0.05, 0) is 30.3 Å². The van der Waals surface area contributed by atoms with Crippen LogP contribution in [0.25, 0.3) is 5.69 Å². The number of para-hydroxylation sites is 1. The Balaban J connectivity index is 1.87. The molecule has 0 fully saturated rings. The fourth-order valence-corrected chi connectivity index (χ4v) is 3.21. The first-order valence-corrected chi connectivity index (χ1v) is 7.38. The lowest BCUT2D eigenvalue weighted by molar-refractivity contribution is -0.702. The molecule has 2 N–H and O–H groups in total. The Morgan fingerprint density at radius 1 is 0.957 bits per heavy atom. The Morgan fingerprint density at radius 3 is 2.48 bits per heavy atom. The molecular weight excluding hydrogens is 301 g/mol. The van der Waals surface area contributed by atoms with Gasteiger partial charge < -0.3 is 9.88 Å². The summed E-state index contributed by atoms with van der Waals surface area (Å²) in [6.07, 6.45) is 1.93. The smallest absolute Gasteiger partial charge is 0.194 e. The average Bonchev–Trinajstić information content (AvgIpc) is 2.96. The van der Waals surface area contributed by atoms with Crippen LogP contribution in [-0.2, 0) is 6.54 Å². The van der Waals surface area contributed by atoms with E-state index in [1.807, 2.05) is 52.5 Å². The average molecular weight is 315 g/mol. The summed E-state index contributed by atoms with van der Waals surface area (Å²) in [6, 6.07) is 13.6. The predicted molar refractivity (Wildman–Crippen MR) is 79.6 cm³/mol. The van der Waals surface area contributed by atoms with Gasteiger partial charge in [-0.3, -0.25) is 0 Å². The Kier molecular flexibility index (Phi) is 3.23. The number of fused-ring (bicyclic) bond motifs is 3. The molecule has 3 aromatic rings. The molecule has 2 heterocycles. The summed E-state index contributed by atoms with van der Waals surface area (Å²) in [7, 11) is 0. The highest BCUT2D eigenvalue weighted by atomic mass is 19.2. The fourth-order valence-electron chi connectivity index (χ4n) is 3.21. The number of quaternary nitrogens is 1. The number of hydrogen-bond acceptors (Lipinski definition) is 0. The number of halogens is 3. The number of nitrogens with two attached hydrogens (primary N) is 1. The van der Waals surface area contributed by atoms with Crippen molar-refractivity contribution < 1.29 is 18.5 Å². The molecule has 2 nitrogen and oxygen atoms in total. The van der Waals surface area contributed by atoms with Gasteiger partial charge in [0, 0.05) is 17.3 Å². The fraction of sp³-hybridized carbons (Fsp3) is 0.111. The molecule has 0 saturated heterocycles. The van der Waals surface area contributed by atoms with E-state index in [2.05, 4.69) is 0 Å². The van der Waals surface area contributed by atoms with Crippen molar-refractivity contribution in [3.63, 3.8) is 0 Å². The van der Waals surface area contributed by atoms with E-state index in [4.69, 9.17) is 0 Å². The zero-order valence-electron chi connectivity index (χ0n) is 12.1. The molecule has 0 unspecified atom stereocenters. The van der Waals surface area contributed by atoms with Crippen LogP contribution < -0.4 is 5.32 Å². The van der Waals surface area contributed by atoms with Crippen LogP contribution in [-0.4, -0.2) is 4.57 Å². The van der Waals surface area contributed by atoms with Gasteiger partial charge >= 0.3 is 0 Å². The molecule has 23 heavy (non-hydrogen) atoms. The normalized spacial score (nSPS) is 16.6.